The molecule has 4 nitrogen and oxygen atoms in total. The van der Waals surface area contributed by atoms with Gasteiger partial charge in [-0.25, -0.2) is 4.39 Å². The molecule has 1 atom stereocenters. The van der Waals surface area contributed by atoms with E-state index in [1.807, 2.05) is 49.4 Å². The summed E-state index contributed by atoms with van der Waals surface area (Å²) >= 11 is 0. The number of aromatic nitrogens is 2. The lowest BCUT2D eigenvalue weighted by atomic mass is 9.97. The van der Waals surface area contributed by atoms with Crippen molar-refractivity contribution < 1.29 is 8.91 Å². The Morgan fingerprint density at radius 2 is 1.82 bits per heavy atom. The van der Waals surface area contributed by atoms with Crippen LogP contribution in [0.2, 0.25) is 0 Å². The van der Waals surface area contributed by atoms with E-state index in [1.54, 1.807) is 6.07 Å². The van der Waals surface area contributed by atoms with E-state index < -0.39 is 0 Å². The van der Waals surface area contributed by atoms with E-state index in [2.05, 4.69) is 28.9 Å². The van der Waals surface area contributed by atoms with Crippen molar-refractivity contribution in [3.05, 3.63) is 71.6 Å². The first kappa shape index (κ1) is 20.2. The van der Waals surface area contributed by atoms with Gasteiger partial charge in [0, 0.05) is 12.0 Å². The van der Waals surface area contributed by atoms with Gasteiger partial charge in [-0.1, -0.05) is 61.5 Å². The predicted octanol–water partition coefficient (Wildman–Crippen LogP) is 5.30. The Balaban J connectivity index is 1.67. The van der Waals surface area contributed by atoms with Crippen molar-refractivity contribution in [2.24, 2.45) is 0 Å². The molecule has 0 spiro atoms. The van der Waals surface area contributed by atoms with Crippen LogP contribution in [0.3, 0.4) is 0 Å². The third-order valence-electron chi connectivity index (χ3n) is 5.20. The molecule has 0 aliphatic heterocycles. The van der Waals surface area contributed by atoms with Gasteiger partial charge in [-0.15, -0.1) is 0 Å². The maximum Gasteiger partial charge on any atom is 0.233 e. The molecule has 0 aliphatic rings. The summed E-state index contributed by atoms with van der Waals surface area (Å²) in [7, 11) is 0. The highest BCUT2D eigenvalue weighted by Crippen LogP contribution is 2.28. The smallest absolute Gasteiger partial charge is 0.233 e. The fraction of sp³-hybridized carbons (Fsp3) is 0.391. The molecule has 0 saturated heterocycles. The minimum absolute atomic E-state index is 0.150. The molecule has 0 fully saturated rings. The molecule has 1 aromatic heterocycles. The largest absolute Gasteiger partial charge is 0.339 e. The molecule has 28 heavy (non-hydrogen) atoms. The van der Waals surface area contributed by atoms with Crippen molar-refractivity contribution in [2.75, 3.05) is 19.6 Å². The van der Waals surface area contributed by atoms with Crippen LogP contribution in [0.5, 0.6) is 0 Å². The quantitative estimate of drug-likeness (QED) is 0.504. The number of hydrogen-bond donors (Lipinski definition) is 0. The summed E-state index contributed by atoms with van der Waals surface area (Å²) in [5.74, 6) is 0.859. The second kappa shape index (κ2) is 9.60. The maximum absolute atomic E-state index is 14.7. The molecule has 2 aromatic carbocycles. The Hall–Kier alpha value is -2.53. The van der Waals surface area contributed by atoms with Gasteiger partial charge < -0.3 is 9.42 Å². The van der Waals surface area contributed by atoms with Gasteiger partial charge in [0.25, 0.3) is 0 Å². The number of aryl methyl sites for hydroxylation is 1. The van der Waals surface area contributed by atoms with Gasteiger partial charge in [0.15, 0.2) is 5.82 Å². The minimum atomic E-state index is -0.241. The Morgan fingerprint density at radius 3 is 2.50 bits per heavy atom. The van der Waals surface area contributed by atoms with Crippen molar-refractivity contribution >= 4 is 0 Å². The number of rotatable bonds is 9. The van der Waals surface area contributed by atoms with Crippen LogP contribution in [0.4, 0.5) is 4.39 Å². The van der Waals surface area contributed by atoms with Crippen LogP contribution in [0.25, 0.3) is 11.1 Å². The zero-order valence-corrected chi connectivity index (χ0v) is 16.9. The van der Waals surface area contributed by atoms with Crippen molar-refractivity contribution in [2.45, 2.75) is 39.5 Å². The standard InChI is InChI=1S/C23H28FN3O/c1-4-27(5-2)15-9-12-22-25-23(28-26-22)17(3)19-13-14-20(21(24)16-19)18-10-7-6-8-11-18/h6-8,10-11,13-14,16-17H,4-5,9,12,15H2,1-3H3. The molecule has 5 heteroatoms. The zero-order valence-electron chi connectivity index (χ0n) is 16.9. The third-order valence-corrected chi connectivity index (χ3v) is 5.20. The first-order valence-electron chi connectivity index (χ1n) is 10.0. The van der Waals surface area contributed by atoms with Crippen molar-refractivity contribution in [3.63, 3.8) is 0 Å². The molecule has 1 unspecified atom stereocenters. The van der Waals surface area contributed by atoms with Crippen LogP contribution in [-0.2, 0) is 6.42 Å². The van der Waals surface area contributed by atoms with E-state index >= 15 is 0 Å². The van der Waals surface area contributed by atoms with Crippen LogP contribution in [0.15, 0.2) is 53.1 Å². The van der Waals surface area contributed by atoms with E-state index in [0.29, 0.717) is 11.5 Å². The third kappa shape index (κ3) is 4.84. The molecule has 0 N–H and O–H groups in total. The molecule has 148 valence electrons. The second-order valence-electron chi connectivity index (χ2n) is 7.01. The van der Waals surface area contributed by atoms with Gasteiger partial charge in [-0.2, -0.15) is 4.98 Å². The average molecular weight is 381 g/mol. The second-order valence-corrected chi connectivity index (χ2v) is 7.01. The van der Waals surface area contributed by atoms with E-state index in [4.69, 9.17) is 4.52 Å². The topological polar surface area (TPSA) is 42.2 Å². The average Bonchev–Trinajstić information content (AvgIpc) is 3.20. The summed E-state index contributed by atoms with van der Waals surface area (Å²) in [4.78, 5) is 6.90. The summed E-state index contributed by atoms with van der Waals surface area (Å²) in [5.41, 5.74) is 2.29. The highest BCUT2D eigenvalue weighted by molar-refractivity contribution is 5.64. The Morgan fingerprint density at radius 1 is 1.07 bits per heavy atom. The normalized spacial score (nSPS) is 12.5. The summed E-state index contributed by atoms with van der Waals surface area (Å²) in [6, 6.07) is 14.9. The number of nitrogens with zero attached hydrogens (tertiary/aromatic N) is 3. The molecule has 0 saturated carbocycles. The van der Waals surface area contributed by atoms with Gasteiger partial charge in [0.05, 0.1) is 5.92 Å². The van der Waals surface area contributed by atoms with Crippen LogP contribution < -0.4 is 0 Å². The van der Waals surface area contributed by atoms with Crippen LogP contribution in [0.1, 0.15) is 50.4 Å². The molecule has 3 rings (SSSR count). The van der Waals surface area contributed by atoms with Gasteiger partial charge >= 0.3 is 0 Å². The SMILES string of the molecule is CCN(CC)CCCc1noc(C(C)c2ccc(-c3ccccc3)c(F)c2)n1. The first-order valence-corrected chi connectivity index (χ1v) is 10.0. The molecule has 3 aromatic rings. The lowest BCUT2D eigenvalue weighted by Gasteiger charge is -2.16. The monoisotopic (exact) mass is 381 g/mol. The summed E-state index contributed by atoms with van der Waals surface area (Å²) in [5, 5.41) is 4.10. The fourth-order valence-corrected chi connectivity index (χ4v) is 3.34. The van der Waals surface area contributed by atoms with Crippen LogP contribution >= 0.6 is 0 Å². The highest BCUT2D eigenvalue weighted by Gasteiger charge is 2.18. The summed E-state index contributed by atoms with van der Waals surface area (Å²) in [6.45, 7) is 9.42. The predicted molar refractivity (Wildman–Crippen MR) is 110 cm³/mol. The molecule has 0 amide bonds. The summed E-state index contributed by atoms with van der Waals surface area (Å²) < 4.78 is 20.1. The number of benzene rings is 2. The van der Waals surface area contributed by atoms with E-state index in [0.717, 1.165) is 49.4 Å². The van der Waals surface area contributed by atoms with Crippen LogP contribution in [-0.4, -0.2) is 34.7 Å². The molecule has 0 radical (unpaired) electrons. The molecule has 0 bridgehead atoms. The number of hydrogen-bond acceptors (Lipinski definition) is 4. The fourth-order valence-electron chi connectivity index (χ4n) is 3.34. The van der Waals surface area contributed by atoms with Gasteiger partial charge in [-0.3, -0.25) is 0 Å². The van der Waals surface area contributed by atoms with Crippen LogP contribution in [0, 0.1) is 5.82 Å². The van der Waals surface area contributed by atoms with Crippen molar-refractivity contribution in [3.8, 4) is 11.1 Å². The molecule has 1 heterocycles. The molecular formula is C23H28FN3O. The zero-order chi connectivity index (χ0) is 19.9. The van der Waals surface area contributed by atoms with Crippen molar-refractivity contribution in [1.82, 2.24) is 15.0 Å². The Kier molecular flexibility index (Phi) is 6.93. The van der Waals surface area contributed by atoms with Gasteiger partial charge in [0.2, 0.25) is 5.89 Å². The van der Waals surface area contributed by atoms with E-state index in [1.165, 1.54) is 0 Å². The van der Waals surface area contributed by atoms with Gasteiger partial charge in [-0.05, 0) is 50.2 Å². The lowest BCUT2D eigenvalue weighted by Crippen LogP contribution is -2.24. The first-order chi connectivity index (χ1) is 13.6. The Labute approximate surface area is 166 Å². The van der Waals surface area contributed by atoms with Crippen molar-refractivity contribution in [1.29, 1.82) is 0 Å². The molecule has 0 aliphatic carbocycles. The maximum atomic E-state index is 14.7. The highest BCUT2D eigenvalue weighted by atomic mass is 19.1. The lowest BCUT2D eigenvalue weighted by molar-refractivity contribution is 0.298. The van der Waals surface area contributed by atoms with Gasteiger partial charge in [0.1, 0.15) is 5.82 Å². The molecular weight excluding hydrogens is 353 g/mol. The van der Waals surface area contributed by atoms with E-state index in [-0.39, 0.29) is 11.7 Å². The van der Waals surface area contributed by atoms with E-state index in [9.17, 15) is 4.39 Å². The minimum Gasteiger partial charge on any atom is -0.339 e. The number of halogens is 1. The summed E-state index contributed by atoms with van der Waals surface area (Å²) in [6.07, 6.45) is 1.78. The Bertz CT molecular complexity index is 875.